The Morgan fingerprint density at radius 1 is 0.677 bits per heavy atom. The summed E-state index contributed by atoms with van der Waals surface area (Å²) >= 11 is 0. The molecule has 0 spiro atoms. The lowest BCUT2D eigenvalue weighted by Crippen LogP contribution is -2.75. The Morgan fingerprint density at radius 3 is 1.52 bits per heavy atom. The normalized spacial score (nSPS) is 33.5. The van der Waals surface area contributed by atoms with Gasteiger partial charge in [0.1, 0.15) is 48.1 Å². The van der Waals surface area contributed by atoms with Crippen molar-refractivity contribution in [3.63, 3.8) is 0 Å². The molecule has 166 valence electrons. The van der Waals surface area contributed by atoms with Gasteiger partial charge in [0.2, 0.25) is 0 Å². The summed E-state index contributed by atoms with van der Waals surface area (Å²) in [5.41, 5.74) is 1.96. The summed E-state index contributed by atoms with van der Waals surface area (Å²) in [6.45, 7) is -0.101. The van der Waals surface area contributed by atoms with E-state index in [1.165, 1.54) is 0 Å². The maximum atomic E-state index is 10.8. The molecule has 7 atom stereocenters. The van der Waals surface area contributed by atoms with Crippen LogP contribution in [0.5, 0.6) is 11.5 Å². The van der Waals surface area contributed by atoms with Crippen LogP contribution < -0.4 is 9.47 Å². The number of hydrogen-bond acceptors (Lipinski definition) is 8. The van der Waals surface area contributed by atoms with Crippen molar-refractivity contribution in [1.82, 2.24) is 0 Å². The molecule has 4 aliphatic rings. The number of methoxy groups -OCH3 is 2. The second kappa shape index (κ2) is 8.74. The van der Waals surface area contributed by atoms with Gasteiger partial charge in [-0.3, -0.25) is 0 Å². The molecule has 4 fully saturated rings. The molecule has 0 radical (unpaired) electrons. The van der Waals surface area contributed by atoms with Crippen LogP contribution in [0, 0.1) is 0 Å². The molecule has 3 aliphatic heterocycles. The molecule has 4 bridgehead atoms. The van der Waals surface area contributed by atoms with Gasteiger partial charge < -0.3 is 38.3 Å². The van der Waals surface area contributed by atoms with Gasteiger partial charge in [-0.1, -0.05) is 24.3 Å². The number of ether oxygens (including phenoxy) is 7. The van der Waals surface area contributed by atoms with Crippen LogP contribution >= 0.6 is 0 Å². The van der Waals surface area contributed by atoms with E-state index < -0.39 is 43.1 Å². The molecule has 1 N–H and O–H groups in total. The van der Waals surface area contributed by atoms with Crippen molar-refractivity contribution in [3.05, 3.63) is 59.7 Å². The minimum Gasteiger partial charge on any atom is -0.497 e. The zero-order chi connectivity index (χ0) is 21.4. The summed E-state index contributed by atoms with van der Waals surface area (Å²) in [7, 11) is 3.26. The van der Waals surface area contributed by atoms with Crippen molar-refractivity contribution in [3.8, 4) is 11.5 Å². The van der Waals surface area contributed by atoms with Gasteiger partial charge in [0.25, 0.3) is 6.48 Å². The molecule has 0 aromatic heterocycles. The first kappa shape index (κ1) is 20.7. The molecular formula is C23H26O8. The van der Waals surface area contributed by atoms with E-state index in [2.05, 4.69) is 0 Å². The van der Waals surface area contributed by atoms with Crippen LogP contribution in [0.2, 0.25) is 0 Å². The monoisotopic (exact) mass is 430 g/mol. The van der Waals surface area contributed by atoms with E-state index in [9.17, 15) is 5.11 Å². The minimum atomic E-state index is -0.863. The summed E-state index contributed by atoms with van der Waals surface area (Å²) in [5, 5.41) is 10.8. The third-order valence-corrected chi connectivity index (χ3v) is 5.98. The highest BCUT2D eigenvalue weighted by molar-refractivity contribution is 5.27. The van der Waals surface area contributed by atoms with Crippen molar-refractivity contribution in [2.24, 2.45) is 0 Å². The highest BCUT2D eigenvalue weighted by Gasteiger charge is 2.62. The maximum Gasteiger partial charge on any atom is 0.272 e. The Labute approximate surface area is 180 Å². The summed E-state index contributed by atoms with van der Waals surface area (Å²) in [5.74, 6) is 1.56. The Kier molecular flexibility index (Phi) is 5.83. The largest absolute Gasteiger partial charge is 0.497 e. The standard InChI is InChI=1S/C23H26O8/c1-25-15-7-3-13(4-8-15)11-27-20-18-17(24)19-21(22(20)31-23(29-18)30-19)28-12-14-5-9-16(26-2)10-6-14/h3-10,17-24H,11-12H2,1-2H3/t17?,18-,19-,20-,21+,22?,23?/m1/s1. The highest BCUT2D eigenvalue weighted by atomic mass is 16.9. The van der Waals surface area contributed by atoms with Gasteiger partial charge in [0.05, 0.1) is 27.4 Å². The molecule has 3 unspecified atom stereocenters. The lowest BCUT2D eigenvalue weighted by molar-refractivity contribution is -0.487. The van der Waals surface area contributed by atoms with Gasteiger partial charge in [-0.2, -0.15) is 0 Å². The predicted molar refractivity (Wildman–Crippen MR) is 108 cm³/mol. The van der Waals surface area contributed by atoms with Crippen molar-refractivity contribution < 1.29 is 38.3 Å². The topological polar surface area (TPSA) is 84.8 Å². The van der Waals surface area contributed by atoms with E-state index in [0.29, 0.717) is 13.2 Å². The Bertz CT molecular complexity index is 801. The van der Waals surface area contributed by atoms with E-state index >= 15 is 0 Å². The summed E-state index contributed by atoms with van der Waals surface area (Å²) in [6, 6.07) is 15.3. The van der Waals surface area contributed by atoms with E-state index in [1.54, 1.807) is 14.2 Å². The maximum absolute atomic E-state index is 10.8. The zero-order valence-corrected chi connectivity index (χ0v) is 17.4. The zero-order valence-electron chi connectivity index (χ0n) is 17.4. The Balaban J connectivity index is 1.27. The number of benzene rings is 2. The third kappa shape index (κ3) is 4.03. The lowest BCUT2D eigenvalue weighted by Gasteiger charge is -2.57. The van der Waals surface area contributed by atoms with Crippen molar-refractivity contribution >= 4 is 0 Å². The summed E-state index contributed by atoms with van der Waals surface area (Å²) in [6.07, 6.45) is -3.27. The fourth-order valence-electron chi connectivity index (χ4n) is 4.30. The molecule has 2 aromatic rings. The second-order valence-electron chi connectivity index (χ2n) is 7.83. The lowest BCUT2D eigenvalue weighted by atomic mass is 9.82. The van der Waals surface area contributed by atoms with E-state index in [0.717, 1.165) is 22.6 Å². The molecule has 3 saturated heterocycles. The van der Waals surface area contributed by atoms with Gasteiger partial charge in [0.15, 0.2) is 0 Å². The number of aliphatic hydroxyl groups is 1. The first-order valence-corrected chi connectivity index (χ1v) is 10.3. The van der Waals surface area contributed by atoms with Crippen molar-refractivity contribution in [2.45, 2.75) is 56.3 Å². The molecule has 2 aromatic carbocycles. The predicted octanol–water partition coefficient (Wildman–Crippen LogP) is 2.02. The second-order valence-corrected chi connectivity index (χ2v) is 7.83. The summed E-state index contributed by atoms with van der Waals surface area (Å²) < 4.78 is 40.0. The summed E-state index contributed by atoms with van der Waals surface area (Å²) in [4.78, 5) is 0. The van der Waals surface area contributed by atoms with Gasteiger partial charge in [-0.15, -0.1) is 0 Å². The number of aliphatic hydroxyl groups excluding tert-OH is 1. The van der Waals surface area contributed by atoms with Gasteiger partial charge in [-0.25, -0.2) is 0 Å². The minimum absolute atomic E-state index is 0.350. The van der Waals surface area contributed by atoms with Crippen LogP contribution in [0.15, 0.2) is 48.5 Å². The SMILES string of the molecule is COc1ccc(CO[C@@H]2C3OC4O[C@@H]2C(O)[C@@H](O4)[C@H]3OCc2ccc(OC)cc2)cc1. The van der Waals surface area contributed by atoms with Crippen LogP contribution in [-0.4, -0.2) is 62.4 Å². The highest BCUT2D eigenvalue weighted by Crippen LogP contribution is 2.42. The van der Waals surface area contributed by atoms with Gasteiger partial charge >= 0.3 is 0 Å². The van der Waals surface area contributed by atoms with Gasteiger partial charge in [0, 0.05) is 0 Å². The molecule has 3 heterocycles. The van der Waals surface area contributed by atoms with Crippen LogP contribution in [0.4, 0.5) is 0 Å². The molecule has 31 heavy (non-hydrogen) atoms. The molecule has 6 rings (SSSR count). The van der Waals surface area contributed by atoms with E-state index in [-0.39, 0.29) is 0 Å². The van der Waals surface area contributed by atoms with Gasteiger partial charge in [-0.05, 0) is 35.4 Å². The molecule has 8 nitrogen and oxygen atoms in total. The Hall–Kier alpha value is -2.20. The first-order chi connectivity index (χ1) is 15.2. The van der Waals surface area contributed by atoms with E-state index in [1.807, 2.05) is 48.5 Å². The average molecular weight is 430 g/mol. The van der Waals surface area contributed by atoms with Crippen molar-refractivity contribution in [2.75, 3.05) is 14.2 Å². The van der Waals surface area contributed by atoms with Crippen LogP contribution in [0.1, 0.15) is 11.1 Å². The average Bonchev–Trinajstić information content (AvgIpc) is 2.81. The molecular weight excluding hydrogens is 404 g/mol. The smallest absolute Gasteiger partial charge is 0.272 e. The molecule has 8 heteroatoms. The van der Waals surface area contributed by atoms with Crippen molar-refractivity contribution in [1.29, 1.82) is 0 Å². The quantitative estimate of drug-likeness (QED) is 0.681. The fourth-order valence-corrected chi connectivity index (χ4v) is 4.30. The number of hydrogen-bond donors (Lipinski definition) is 1. The van der Waals surface area contributed by atoms with Crippen LogP contribution in [-0.2, 0) is 36.9 Å². The van der Waals surface area contributed by atoms with Crippen LogP contribution in [0.25, 0.3) is 0 Å². The van der Waals surface area contributed by atoms with Crippen LogP contribution in [0.3, 0.4) is 0 Å². The molecule has 0 amide bonds. The Morgan fingerprint density at radius 2 is 1.10 bits per heavy atom. The fraction of sp³-hybridized carbons (Fsp3) is 0.478. The first-order valence-electron chi connectivity index (χ1n) is 10.3. The van der Waals surface area contributed by atoms with E-state index in [4.69, 9.17) is 33.2 Å². The molecule has 1 aliphatic carbocycles. The molecule has 1 saturated carbocycles. The third-order valence-electron chi connectivity index (χ3n) is 5.98. The number of rotatable bonds is 8.